The summed E-state index contributed by atoms with van der Waals surface area (Å²) in [4.78, 5) is 27.6. The number of hydrogen-bond donors (Lipinski definition) is 1. The first-order chi connectivity index (χ1) is 17.6. The highest BCUT2D eigenvalue weighted by atomic mass is 16.5. The van der Waals surface area contributed by atoms with Crippen molar-refractivity contribution in [2.24, 2.45) is 0 Å². The van der Waals surface area contributed by atoms with Gasteiger partial charge in [0.1, 0.15) is 11.5 Å². The van der Waals surface area contributed by atoms with Crippen LogP contribution in [0.5, 0.6) is 11.5 Å². The van der Waals surface area contributed by atoms with Crippen molar-refractivity contribution in [2.45, 2.75) is 70.8 Å². The number of ether oxygens (including phenoxy) is 2. The Labute approximate surface area is 216 Å². The van der Waals surface area contributed by atoms with Crippen molar-refractivity contribution in [3.63, 3.8) is 0 Å². The molecule has 1 atom stereocenters. The fourth-order valence-corrected chi connectivity index (χ4v) is 4.57. The van der Waals surface area contributed by atoms with Gasteiger partial charge in [0.2, 0.25) is 5.91 Å². The molecule has 36 heavy (non-hydrogen) atoms. The van der Waals surface area contributed by atoms with E-state index in [1.54, 1.807) is 31.4 Å². The Hall–Kier alpha value is -2.86. The van der Waals surface area contributed by atoms with E-state index >= 15 is 0 Å². The first-order valence-electron chi connectivity index (χ1n) is 13.5. The van der Waals surface area contributed by atoms with Gasteiger partial charge >= 0.3 is 0 Å². The Bertz CT molecular complexity index is 921. The monoisotopic (exact) mass is 494 g/mol. The molecule has 0 bridgehead atoms. The largest absolute Gasteiger partial charge is 0.497 e. The number of benzene rings is 2. The molecule has 1 amide bonds. The number of nitrogens with one attached hydrogen (secondary N) is 1. The van der Waals surface area contributed by atoms with Gasteiger partial charge in [0.05, 0.1) is 13.7 Å². The van der Waals surface area contributed by atoms with E-state index in [9.17, 15) is 9.59 Å². The number of ketones is 1. The predicted molar refractivity (Wildman–Crippen MR) is 144 cm³/mol. The first-order valence-corrected chi connectivity index (χ1v) is 13.5. The van der Waals surface area contributed by atoms with Crippen molar-refractivity contribution in [2.75, 3.05) is 33.4 Å². The highest BCUT2D eigenvalue weighted by Crippen LogP contribution is 2.17. The molecule has 0 saturated carbocycles. The molecule has 0 unspecified atom stereocenters. The molecule has 1 saturated heterocycles. The van der Waals surface area contributed by atoms with E-state index in [2.05, 4.69) is 29.3 Å². The molecule has 0 aliphatic carbocycles. The van der Waals surface area contributed by atoms with Crippen LogP contribution < -0.4 is 14.8 Å². The predicted octanol–water partition coefficient (Wildman–Crippen LogP) is 5.44. The normalized spacial score (nSPS) is 14.4. The Balaban J connectivity index is 1.44. The van der Waals surface area contributed by atoms with Gasteiger partial charge in [-0.05, 0) is 93.6 Å². The van der Waals surface area contributed by atoms with Crippen LogP contribution in [0.15, 0.2) is 48.5 Å². The Morgan fingerprint density at radius 2 is 1.58 bits per heavy atom. The van der Waals surface area contributed by atoms with Gasteiger partial charge < -0.3 is 19.7 Å². The van der Waals surface area contributed by atoms with Crippen LogP contribution in [-0.2, 0) is 11.2 Å². The molecule has 1 heterocycles. The third kappa shape index (κ3) is 9.65. The van der Waals surface area contributed by atoms with Crippen LogP contribution in [-0.4, -0.2) is 56.0 Å². The molecule has 3 rings (SSSR count). The van der Waals surface area contributed by atoms with E-state index < -0.39 is 0 Å². The summed E-state index contributed by atoms with van der Waals surface area (Å²) in [7, 11) is 1.61. The topological polar surface area (TPSA) is 67.9 Å². The van der Waals surface area contributed by atoms with Gasteiger partial charge in [-0.25, -0.2) is 0 Å². The van der Waals surface area contributed by atoms with Gasteiger partial charge in [0, 0.05) is 31.0 Å². The number of carbonyl (C=O) groups is 2. The van der Waals surface area contributed by atoms with E-state index in [0.717, 1.165) is 57.0 Å². The number of Topliss-reactive ketones (excluding diaryl/α,β-unsaturated/α-hetero) is 1. The molecule has 196 valence electrons. The maximum absolute atomic E-state index is 12.8. The molecule has 0 aromatic heterocycles. The van der Waals surface area contributed by atoms with Crippen LogP contribution in [0.3, 0.4) is 0 Å². The van der Waals surface area contributed by atoms with Crippen LogP contribution in [0.2, 0.25) is 0 Å². The van der Waals surface area contributed by atoms with E-state index in [4.69, 9.17) is 9.47 Å². The second kappa shape index (κ2) is 15.3. The smallest absolute Gasteiger partial charge is 0.220 e. The van der Waals surface area contributed by atoms with Gasteiger partial charge in [0.15, 0.2) is 5.78 Å². The molecular formula is C30H42N2O4. The van der Waals surface area contributed by atoms with Crippen LogP contribution >= 0.6 is 0 Å². The minimum atomic E-state index is 0.0654. The van der Waals surface area contributed by atoms with Gasteiger partial charge in [0.25, 0.3) is 0 Å². The lowest BCUT2D eigenvalue weighted by Gasteiger charge is -2.25. The van der Waals surface area contributed by atoms with Crippen LogP contribution in [0.4, 0.5) is 0 Å². The molecule has 6 nitrogen and oxygen atoms in total. The third-order valence-electron chi connectivity index (χ3n) is 6.68. The summed E-state index contributed by atoms with van der Waals surface area (Å²) in [6.07, 6.45) is 7.73. The average Bonchev–Trinajstić information content (AvgIpc) is 3.41. The second-order valence-electron chi connectivity index (χ2n) is 9.68. The Morgan fingerprint density at radius 1 is 0.917 bits per heavy atom. The Kier molecular flexibility index (Phi) is 11.8. The lowest BCUT2D eigenvalue weighted by Crippen LogP contribution is -2.44. The van der Waals surface area contributed by atoms with E-state index in [1.165, 1.54) is 18.4 Å². The van der Waals surface area contributed by atoms with Crippen molar-refractivity contribution in [3.05, 3.63) is 59.7 Å². The first kappa shape index (κ1) is 27.7. The minimum absolute atomic E-state index is 0.0654. The van der Waals surface area contributed by atoms with E-state index in [-0.39, 0.29) is 17.7 Å². The number of carbonyl (C=O) groups excluding carboxylic acids is 2. The number of rotatable bonds is 16. The second-order valence-corrected chi connectivity index (χ2v) is 9.68. The van der Waals surface area contributed by atoms with Gasteiger partial charge in [-0.15, -0.1) is 0 Å². The van der Waals surface area contributed by atoms with Crippen LogP contribution in [0.1, 0.15) is 74.2 Å². The Morgan fingerprint density at radius 3 is 2.25 bits per heavy atom. The van der Waals surface area contributed by atoms with Crippen LogP contribution in [0.25, 0.3) is 0 Å². The maximum atomic E-state index is 12.8. The summed E-state index contributed by atoms with van der Waals surface area (Å²) in [5.41, 5.74) is 1.89. The van der Waals surface area contributed by atoms with Crippen molar-refractivity contribution >= 4 is 11.7 Å². The summed E-state index contributed by atoms with van der Waals surface area (Å²) in [5.74, 6) is 1.81. The molecule has 1 aliphatic rings. The van der Waals surface area contributed by atoms with Crippen molar-refractivity contribution in [1.82, 2.24) is 10.2 Å². The number of amides is 1. The number of hydrogen-bond acceptors (Lipinski definition) is 5. The quantitative estimate of drug-likeness (QED) is 0.249. The van der Waals surface area contributed by atoms with E-state index in [0.29, 0.717) is 31.2 Å². The molecule has 2 aromatic carbocycles. The van der Waals surface area contributed by atoms with Gasteiger partial charge in [-0.3, -0.25) is 9.59 Å². The molecule has 1 N–H and O–H groups in total. The fourth-order valence-electron chi connectivity index (χ4n) is 4.57. The van der Waals surface area contributed by atoms with Gasteiger partial charge in [-0.2, -0.15) is 0 Å². The number of likely N-dealkylation sites (tertiary alicyclic amines) is 1. The zero-order valence-electron chi connectivity index (χ0n) is 22.0. The third-order valence-corrected chi connectivity index (χ3v) is 6.68. The van der Waals surface area contributed by atoms with Gasteiger partial charge in [-0.1, -0.05) is 25.5 Å². The number of nitrogens with zero attached hydrogens (tertiary/aromatic N) is 1. The minimum Gasteiger partial charge on any atom is -0.497 e. The molecule has 1 fully saturated rings. The summed E-state index contributed by atoms with van der Waals surface area (Å²) >= 11 is 0. The highest BCUT2D eigenvalue weighted by Gasteiger charge is 2.20. The summed E-state index contributed by atoms with van der Waals surface area (Å²) in [5, 5.41) is 3.27. The molecule has 1 aliphatic heterocycles. The summed E-state index contributed by atoms with van der Waals surface area (Å²) in [6.45, 7) is 5.98. The lowest BCUT2D eigenvalue weighted by atomic mass is 10.0. The zero-order chi connectivity index (χ0) is 25.6. The molecule has 6 heteroatoms. The number of methoxy groups -OCH3 is 1. The summed E-state index contributed by atoms with van der Waals surface area (Å²) in [6, 6.07) is 15.5. The van der Waals surface area contributed by atoms with Crippen molar-refractivity contribution < 1.29 is 19.1 Å². The van der Waals surface area contributed by atoms with Crippen molar-refractivity contribution in [1.29, 1.82) is 0 Å². The lowest BCUT2D eigenvalue weighted by molar-refractivity contribution is -0.122. The molecular weight excluding hydrogens is 452 g/mol. The fraction of sp³-hybridized carbons (Fsp3) is 0.533. The molecule has 0 radical (unpaired) electrons. The standard InChI is InChI=1S/C30H42N2O4/c1-3-4-21-36-28-15-11-24(12-16-28)22-26(23-32-19-7-8-20-32)31-30(34)10-6-5-9-29(33)25-13-17-27(35-2)18-14-25/h11-18,26H,3-10,19-23H2,1-2H3,(H,31,34)/t26-/m0/s1. The molecule has 2 aromatic rings. The zero-order valence-corrected chi connectivity index (χ0v) is 22.0. The SMILES string of the molecule is CCCCOc1ccc(C[C@@H](CN2CCCC2)NC(=O)CCCCC(=O)c2ccc(OC)cc2)cc1. The summed E-state index contributed by atoms with van der Waals surface area (Å²) < 4.78 is 10.9. The van der Waals surface area contributed by atoms with E-state index in [1.807, 2.05) is 12.1 Å². The van der Waals surface area contributed by atoms with Crippen LogP contribution in [0, 0.1) is 0 Å². The van der Waals surface area contributed by atoms with Crippen molar-refractivity contribution in [3.8, 4) is 11.5 Å². The average molecular weight is 495 g/mol. The molecule has 0 spiro atoms. The number of unbranched alkanes of at least 4 members (excludes halogenated alkanes) is 2. The highest BCUT2D eigenvalue weighted by molar-refractivity contribution is 5.96. The maximum Gasteiger partial charge on any atom is 0.220 e.